The zero-order chi connectivity index (χ0) is 12.4. The Hall–Kier alpha value is -2.50. The molecule has 2 aromatic rings. The van der Waals surface area contributed by atoms with Crippen LogP contribution in [0.1, 0.15) is 5.56 Å². The van der Waals surface area contributed by atoms with Gasteiger partial charge in [-0.05, 0) is 24.0 Å². The SMILES string of the molecule is Cc1cnc(-c2ccc([N+](=O)[O-])cc2)[n+]([O-])c1. The Morgan fingerprint density at radius 1 is 1.29 bits per heavy atom. The average Bonchev–Trinajstić information content (AvgIpc) is 2.29. The summed E-state index contributed by atoms with van der Waals surface area (Å²) >= 11 is 0. The van der Waals surface area contributed by atoms with Gasteiger partial charge in [0.15, 0.2) is 0 Å². The molecule has 17 heavy (non-hydrogen) atoms. The lowest BCUT2D eigenvalue weighted by Crippen LogP contribution is -2.30. The van der Waals surface area contributed by atoms with Crippen LogP contribution in [0.15, 0.2) is 36.7 Å². The molecule has 0 aliphatic rings. The van der Waals surface area contributed by atoms with E-state index in [9.17, 15) is 15.3 Å². The Balaban J connectivity index is 2.43. The molecule has 0 aliphatic heterocycles. The van der Waals surface area contributed by atoms with E-state index >= 15 is 0 Å². The van der Waals surface area contributed by atoms with Gasteiger partial charge in [-0.1, -0.05) is 0 Å². The van der Waals surface area contributed by atoms with Gasteiger partial charge in [0.1, 0.15) is 12.4 Å². The highest BCUT2D eigenvalue weighted by Crippen LogP contribution is 2.17. The van der Waals surface area contributed by atoms with Gasteiger partial charge in [0.2, 0.25) is 0 Å². The largest absolute Gasteiger partial charge is 0.710 e. The van der Waals surface area contributed by atoms with E-state index in [4.69, 9.17) is 0 Å². The summed E-state index contributed by atoms with van der Waals surface area (Å²) in [5.41, 5.74) is 1.29. The van der Waals surface area contributed by atoms with Crippen LogP contribution in [0.3, 0.4) is 0 Å². The van der Waals surface area contributed by atoms with Crippen molar-refractivity contribution in [2.75, 3.05) is 0 Å². The van der Waals surface area contributed by atoms with E-state index < -0.39 is 4.92 Å². The fourth-order valence-electron chi connectivity index (χ4n) is 1.43. The maximum absolute atomic E-state index is 11.6. The molecule has 6 heteroatoms. The number of benzene rings is 1. The van der Waals surface area contributed by atoms with Crippen LogP contribution in [0.2, 0.25) is 0 Å². The third-order valence-corrected chi connectivity index (χ3v) is 2.26. The summed E-state index contributed by atoms with van der Waals surface area (Å²) < 4.78 is 0.649. The molecule has 0 N–H and O–H groups in total. The second-order valence-corrected chi connectivity index (χ2v) is 3.58. The first kappa shape index (κ1) is 11.0. The second-order valence-electron chi connectivity index (χ2n) is 3.58. The number of hydrogen-bond donors (Lipinski definition) is 0. The van der Waals surface area contributed by atoms with Gasteiger partial charge in [-0.15, -0.1) is 0 Å². The van der Waals surface area contributed by atoms with E-state index in [2.05, 4.69) is 4.98 Å². The second kappa shape index (κ2) is 4.17. The molecule has 0 aliphatic carbocycles. The first-order valence-electron chi connectivity index (χ1n) is 4.88. The van der Waals surface area contributed by atoms with E-state index in [0.717, 1.165) is 5.56 Å². The summed E-state index contributed by atoms with van der Waals surface area (Å²) in [7, 11) is 0. The average molecular weight is 231 g/mol. The Kier molecular flexibility index (Phi) is 2.70. The quantitative estimate of drug-likeness (QED) is 0.340. The van der Waals surface area contributed by atoms with Gasteiger partial charge in [-0.25, -0.2) is 4.73 Å². The first-order chi connectivity index (χ1) is 8.08. The van der Waals surface area contributed by atoms with Gasteiger partial charge in [-0.2, -0.15) is 0 Å². The molecule has 0 fully saturated rings. The summed E-state index contributed by atoms with van der Waals surface area (Å²) in [6, 6.07) is 5.70. The summed E-state index contributed by atoms with van der Waals surface area (Å²) in [6.07, 6.45) is 2.98. The Bertz CT molecular complexity index is 567. The number of hydrogen-bond acceptors (Lipinski definition) is 4. The zero-order valence-corrected chi connectivity index (χ0v) is 9.03. The molecule has 0 radical (unpaired) electrons. The highest BCUT2D eigenvalue weighted by Gasteiger charge is 2.12. The fraction of sp³-hybridized carbons (Fsp3) is 0.0909. The van der Waals surface area contributed by atoms with Crippen LogP contribution in [0.25, 0.3) is 11.4 Å². The minimum atomic E-state index is -0.488. The number of aryl methyl sites for hydroxylation is 1. The molecule has 0 amide bonds. The van der Waals surface area contributed by atoms with E-state index in [-0.39, 0.29) is 11.5 Å². The van der Waals surface area contributed by atoms with Gasteiger partial charge in [-0.3, -0.25) is 10.1 Å². The van der Waals surface area contributed by atoms with Crippen molar-refractivity contribution >= 4 is 5.69 Å². The van der Waals surface area contributed by atoms with Crippen LogP contribution in [0, 0.1) is 22.2 Å². The van der Waals surface area contributed by atoms with Crippen molar-refractivity contribution in [2.45, 2.75) is 6.92 Å². The molecular formula is C11H9N3O3. The highest BCUT2D eigenvalue weighted by molar-refractivity contribution is 5.54. The number of nitro benzene ring substituents is 1. The molecular weight excluding hydrogens is 222 g/mol. The van der Waals surface area contributed by atoms with Crippen LogP contribution in [-0.2, 0) is 0 Å². The van der Waals surface area contributed by atoms with Crippen molar-refractivity contribution < 1.29 is 9.65 Å². The van der Waals surface area contributed by atoms with Crippen molar-refractivity contribution in [3.05, 3.63) is 57.5 Å². The molecule has 86 valence electrons. The molecule has 1 aromatic carbocycles. The Morgan fingerprint density at radius 2 is 1.94 bits per heavy atom. The third kappa shape index (κ3) is 2.20. The van der Waals surface area contributed by atoms with Gasteiger partial charge < -0.3 is 5.21 Å². The molecule has 0 unspecified atom stereocenters. The highest BCUT2D eigenvalue weighted by atomic mass is 16.6. The van der Waals surface area contributed by atoms with Crippen LogP contribution in [-0.4, -0.2) is 9.91 Å². The van der Waals surface area contributed by atoms with Crippen molar-refractivity contribution in [3.8, 4) is 11.4 Å². The number of non-ortho nitro benzene ring substituents is 1. The topological polar surface area (TPSA) is 83.0 Å². The number of nitrogens with zero attached hydrogens (tertiary/aromatic N) is 3. The standard InChI is InChI=1S/C11H9N3O3/c1-8-6-12-11(13(15)7-8)9-2-4-10(5-3-9)14(16)17/h2-7H,1H3. The van der Waals surface area contributed by atoms with Crippen LogP contribution < -0.4 is 4.73 Å². The van der Waals surface area contributed by atoms with E-state index in [1.165, 1.54) is 30.5 Å². The van der Waals surface area contributed by atoms with Crippen molar-refractivity contribution in [2.24, 2.45) is 0 Å². The van der Waals surface area contributed by atoms with Crippen molar-refractivity contribution in [1.29, 1.82) is 0 Å². The van der Waals surface area contributed by atoms with Gasteiger partial charge in [0, 0.05) is 17.7 Å². The molecule has 1 aromatic heterocycles. The van der Waals surface area contributed by atoms with Crippen molar-refractivity contribution in [1.82, 2.24) is 4.98 Å². The van der Waals surface area contributed by atoms with E-state index in [1.54, 1.807) is 13.1 Å². The van der Waals surface area contributed by atoms with Gasteiger partial charge in [0.05, 0.1) is 10.5 Å². The van der Waals surface area contributed by atoms with Crippen molar-refractivity contribution in [3.63, 3.8) is 0 Å². The molecule has 1 heterocycles. The predicted octanol–water partition coefficient (Wildman–Crippen LogP) is 1.60. The minimum absolute atomic E-state index is 0.0155. The number of aromatic nitrogens is 2. The van der Waals surface area contributed by atoms with E-state index in [1.807, 2.05) is 0 Å². The summed E-state index contributed by atoms with van der Waals surface area (Å²) in [4.78, 5) is 14.0. The molecule has 0 saturated carbocycles. The van der Waals surface area contributed by atoms with Crippen LogP contribution >= 0.6 is 0 Å². The maximum Gasteiger partial charge on any atom is 0.333 e. The minimum Gasteiger partial charge on any atom is -0.710 e. The smallest absolute Gasteiger partial charge is 0.333 e. The van der Waals surface area contributed by atoms with Gasteiger partial charge in [0.25, 0.3) is 5.69 Å². The Labute approximate surface area is 96.9 Å². The molecule has 6 nitrogen and oxygen atoms in total. The normalized spacial score (nSPS) is 10.2. The number of rotatable bonds is 2. The third-order valence-electron chi connectivity index (χ3n) is 2.26. The Morgan fingerprint density at radius 3 is 2.47 bits per heavy atom. The lowest BCUT2D eigenvalue weighted by atomic mass is 10.2. The summed E-state index contributed by atoms with van der Waals surface area (Å²) in [6.45, 7) is 1.76. The van der Waals surface area contributed by atoms with Crippen LogP contribution in [0.5, 0.6) is 0 Å². The molecule has 0 atom stereocenters. The lowest BCUT2D eigenvalue weighted by molar-refractivity contribution is -0.597. The first-order valence-corrected chi connectivity index (χ1v) is 4.88. The molecule has 0 spiro atoms. The summed E-state index contributed by atoms with van der Waals surface area (Å²) in [5, 5.41) is 22.1. The maximum atomic E-state index is 11.6. The fourth-order valence-corrected chi connectivity index (χ4v) is 1.43. The van der Waals surface area contributed by atoms with E-state index in [0.29, 0.717) is 10.3 Å². The molecule has 0 saturated heterocycles. The number of nitro groups is 1. The zero-order valence-electron chi connectivity index (χ0n) is 9.03. The predicted molar refractivity (Wildman–Crippen MR) is 60.0 cm³/mol. The lowest BCUT2D eigenvalue weighted by Gasteiger charge is -2.05. The monoisotopic (exact) mass is 231 g/mol. The molecule has 0 bridgehead atoms. The van der Waals surface area contributed by atoms with Crippen LogP contribution in [0.4, 0.5) is 5.69 Å². The summed E-state index contributed by atoms with van der Waals surface area (Å²) in [5.74, 6) is 0.227. The molecule has 2 rings (SSSR count). The van der Waals surface area contributed by atoms with Gasteiger partial charge >= 0.3 is 5.82 Å².